The number of fused-ring (bicyclic) bond motifs is 7. The second-order valence-electron chi connectivity index (χ2n) is 17.9. The zero-order valence-corrected chi connectivity index (χ0v) is 33.9. The highest BCUT2D eigenvalue weighted by molar-refractivity contribution is 6.99. The maximum Gasteiger partial charge on any atom is 0.294 e. The van der Waals surface area contributed by atoms with Crippen LogP contribution < -0.4 is 26.4 Å². The van der Waals surface area contributed by atoms with Crippen molar-refractivity contribution in [2.45, 2.75) is 59.3 Å². The maximum absolute atomic E-state index is 5.44. The lowest BCUT2D eigenvalue weighted by Gasteiger charge is -2.37. The summed E-state index contributed by atoms with van der Waals surface area (Å²) in [7, 11) is 0. The van der Waals surface area contributed by atoms with E-state index in [2.05, 4.69) is 221 Å². The van der Waals surface area contributed by atoms with Crippen LogP contribution in [0, 0.1) is 6.92 Å². The average molecular weight is 739 g/mol. The average Bonchev–Trinajstić information content (AvgIpc) is 3.73. The Morgan fingerprint density at radius 1 is 0.526 bits per heavy atom. The van der Waals surface area contributed by atoms with Crippen LogP contribution in [0.3, 0.4) is 0 Å². The lowest BCUT2D eigenvalue weighted by atomic mass is 9.39. The van der Waals surface area contributed by atoms with E-state index in [1.807, 2.05) is 0 Å². The van der Waals surface area contributed by atoms with Crippen LogP contribution in [0.1, 0.15) is 58.2 Å². The van der Waals surface area contributed by atoms with E-state index < -0.39 is 0 Å². The van der Waals surface area contributed by atoms with Gasteiger partial charge in [-0.1, -0.05) is 126 Å². The Bertz CT molecular complexity index is 2750. The van der Waals surface area contributed by atoms with Gasteiger partial charge in [0, 0.05) is 39.8 Å². The number of hydrogen-bond acceptors (Lipinski definition) is 3. The lowest BCUT2D eigenvalue weighted by Crippen LogP contribution is -2.55. The molecular weight excluding hydrogens is 691 g/mol. The molecule has 0 fully saturated rings. The van der Waals surface area contributed by atoms with E-state index in [4.69, 9.17) is 4.98 Å². The van der Waals surface area contributed by atoms with Crippen LogP contribution in [0.15, 0.2) is 158 Å². The standard InChI is InChI=1S/C52H47BN4/c1-34-30-47-49-48(31-34)57-46-32-36(35-14-10-8-11-15-35)18-29-44(46)54-50(57)53(49)43-28-27-42(33-45(43)56(47)39-16-12-9-13-17-39)55(40-23-19-37(20-24-40)51(2,3)4)41-25-21-38(22-26-41)52(5,6)7/h8-33H,1-7H3. The van der Waals surface area contributed by atoms with E-state index in [9.17, 15) is 0 Å². The van der Waals surface area contributed by atoms with Gasteiger partial charge in [-0.05, 0) is 129 Å². The van der Waals surface area contributed by atoms with E-state index in [0.29, 0.717) is 0 Å². The Balaban J connectivity index is 1.20. The molecule has 278 valence electrons. The number of benzene rings is 7. The molecule has 0 saturated carbocycles. The largest absolute Gasteiger partial charge is 0.311 e. The molecular formula is C52H47BN4. The Morgan fingerprint density at radius 3 is 1.72 bits per heavy atom. The molecule has 3 heterocycles. The van der Waals surface area contributed by atoms with Crippen LogP contribution in [0.4, 0.5) is 34.1 Å². The first-order valence-electron chi connectivity index (χ1n) is 20.2. The number of hydrogen-bond donors (Lipinski definition) is 0. The predicted molar refractivity (Wildman–Crippen MR) is 243 cm³/mol. The number of aromatic nitrogens is 2. The third-order valence-electron chi connectivity index (χ3n) is 11.9. The number of nitrogens with zero attached hydrogens (tertiary/aromatic N) is 4. The van der Waals surface area contributed by atoms with Crippen molar-refractivity contribution in [3.05, 3.63) is 174 Å². The van der Waals surface area contributed by atoms with E-state index in [0.717, 1.165) is 39.5 Å². The zero-order chi connectivity index (χ0) is 39.2. The molecule has 8 aromatic rings. The molecule has 2 aliphatic rings. The lowest BCUT2D eigenvalue weighted by molar-refractivity contribution is 0.590. The monoisotopic (exact) mass is 738 g/mol. The summed E-state index contributed by atoms with van der Waals surface area (Å²) in [6.45, 7) is 15.9. The van der Waals surface area contributed by atoms with E-state index in [-0.39, 0.29) is 17.5 Å². The SMILES string of the molecule is Cc1cc2c3c(c1)-n1c(nc4ccc(-c5ccccc5)cc41)B3c1ccc(N(c3ccc(C(C)(C)C)cc3)c3ccc(C(C)(C)C)cc3)cc1N2c1ccccc1. The molecule has 0 aliphatic carbocycles. The second-order valence-corrected chi connectivity index (χ2v) is 17.9. The molecule has 57 heavy (non-hydrogen) atoms. The van der Waals surface area contributed by atoms with Crippen molar-refractivity contribution in [1.82, 2.24) is 9.55 Å². The molecule has 0 spiro atoms. The van der Waals surface area contributed by atoms with Crippen molar-refractivity contribution in [2.75, 3.05) is 9.80 Å². The highest BCUT2D eigenvalue weighted by Gasteiger charge is 2.45. The van der Waals surface area contributed by atoms with Crippen LogP contribution in [0.2, 0.25) is 0 Å². The summed E-state index contributed by atoms with van der Waals surface area (Å²) in [5.41, 5.74) is 20.3. The number of imidazole rings is 1. The van der Waals surface area contributed by atoms with Gasteiger partial charge in [0.25, 0.3) is 6.71 Å². The second kappa shape index (κ2) is 12.9. The topological polar surface area (TPSA) is 24.3 Å². The molecule has 10 rings (SSSR count). The fraction of sp³-hybridized carbons (Fsp3) is 0.173. The molecule has 5 heteroatoms. The first kappa shape index (κ1) is 35.1. The van der Waals surface area contributed by atoms with Gasteiger partial charge in [-0.25, -0.2) is 4.98 Å². The van der Waals surface area contributed by atoms with Crippen LogP contribution in [0.25, 0.3) is 27.8 Å². The Hall–Kier alpha value is -6.33. The Labute approximate surface area is 337 Å². The minimum Gasteiger partial charge on any atom is -0.311 e. The van der Waals surface area contributed by atoms with Crippen molar-refractivity contribution in [3.63, 3.8) is 0 Å². The normalized spacial score (nSPS) is 13.1. The number of aryl methyl sites for hydroxylation is 1. The Morgan fingerprint density at radius 2 is 1.11 bits per heavy atom. The van der Waals surface area contributed by atoms with Crippen molar-refractivity contribution >= 4 is 68.5 Å². The molecule has 0 bridgehead atoms. The fourth-order valence-corrected chi connectivity index (χ4v) is 8.96. The van der Waals surface area contributed by atoms with E-state index >= 15 is 0 Å². The Kier molecular flexibility index (Phi) is 7.92. The van der Waals surface area contributed by atoms with Gasteiger partial charge in [0.2, 0.25) is 0 Å². The van der Waals surface area contributed by atoms with Crippen LogP contribution >= 0.6 is 0 Å². The highest BCUT2D eigenvalue weighted by Crippen LogP contribution is 2.44. The maximum atomic E-state index is 5.44. The number of rotatable bonds is 5. The molecule has 0 amide bonds. The van der Waals surface area contributed by atoms with Crippen LogP contribution in [0.5, 0.6) is 0 Å². The summed E-state index contributed by atoms with van der Waals surface area (Å²) >= 11 is 0. The molecule has 0 unspecified atom stereocenters. The smallest absolute Gasteiger partial charge is 0.294 e. The molecule has 2 aliphatic heterocycles. The zero-order valence-electron chi connectivity index (χ0n) is 33.9. The van der Waals surface area contributed by atoms with Gasteiger partial charge in [0.1, 0.15) is 0 Å². The van der Waals surface area contributed by atoms with Gasteiger partial charge in [0.05, 0.1) is 16.8 Å². The molecule has 0 radical (unpaired) electrons. The highest BCUT2D eigenvalue weighted by atomic mass is 15.2. The molecule has 4 nitrogen and oxygen atoms in total. The molecule has 0 saturated heterocycles. The number of anilines is 6. The van der Waals surface area contributed by atoms with Gasteiger partial charge in [-0.15, -0.1) is 0 Å². The van der Waals surface area contributed by atoms with Gasteiger partial charge in [0.15, 0.2) is 0 Å². The molecule has 1 aromatic heterocycles. The van der Waals surface area contributed by atoms with Crippen molar-refractivity contribution in [2.24, 2.45) is 0 Å². The quantitative estimate of drug-likeness (QED) is 0.164. The van der Waals surface area contributed by atoms with Crippen molar-refractivity contribution < 1.29 is 0 Å². The molecule has 7 aromatic carbocycles. The summed E-state index contributed by atoms with van der Waals surface area (Å²) < 4.78 is 2.43. The third kappa shape index (κ3) is 5.79. The number of para-hydroxylation sites is 1. The van der Waals surface area contributed by atoms with Gasteiger partial charge in [-0.3, -0.25) is 0 Å². The van der Waals surface area contributed by atoms with Gasteiger partial charge >= 0.3 is 0 Å². The fourth-order valence-electron chi connectivity index (χ4n) is 8.96. The van der Waals surface area contributed by atoms with E-state index in [1.165, 1.54) is 55.8 Å². The molecule has 0 atom stereocenters. The first-order chi connectivity index (χ1) is 27.4. The van der Waals surface area contributed by atoms with Crippen LogP contribution in [-0.2, 0) is 10.8 Å². The van der Waals surface area contributed by atoms with E-state index in [1.54, 1.807) is 0 Å². The third-order valence-corrected chi connectivity index (χ3v) is 11.9. The first-order valence-corrected chi connectivity index (χ1v) is 20.2. The summed E-state index contributed by atoms with van der Waals surface area (Å²) in [6, 6.07) is 58.3. The molecule has 0 N–H and O–H groups in total. The summed E-state index contributed by atoms with van der Waals surface area (Å²) in [4.78, 5) is 10.3. The minimum absolute atomic E-state index is 0.0159. The predicted octanol–water partition coefficient (Wildman–Crippen LogP) is 11.7. The summed E-state index contributed by atoms with van der Waals surface area (Å²) in [6.07, 6.45) is 0. The minimum atomic E-state index is -0.0159. The summed E-state index contributed by atoms with van der Waals surface area (Å²) in [5.74, 6) is 0. The van der Waals surface area contributed by atoms with Crippen molar-refractivity contribution in [3.8, 4) is 16.8 Å². The summed E-state index contributed by atoms with van der Waals surface area (Å²) in [5, 5.41) is 0. The van der Waals surface area contributed by atoms with Crippen LogP contribution in [-0.4, -0.2) is 16.3 Å². The van der Waals surface area contributed by atoms with Crippen molar-refractivity contribution in [1.29, 1.82) is 0 Å². The van der Waals surface area contributed by atoms with Gasteiger partial charge in [-0.2, -0.15) is 0 Å². The van der Waals surface area contributed by atoms with Gasteiger partial charge < -0.3 is 14.4 Å².